The number of carbonyl (C=O) groups is 1. The van der Waals surface area contributed by atoms with Crippen LogP contribution in [0, 0.1) is 6.92 Å². The summed E-state index contributed by atoms with van der Waals surface area (Å²) in [6.07, 6.45) is 5.10. The molecule has 4 heteroatoms. The number of H-pyrrole nitrogens is 1. The summed E-state index contributed by atoms with van der Waals surface area (Å²) < 4.78 is 0. The van der Waals surface area contributed by atoms with Crippen molar-refractivity contribution >= 4 is 23.2 Å². The third kappa shape index (κ3) is 1.63. The number of anilines is 1. The molecule has 0 unspecified atom stereocenters. The maximum atomic E-state index is 11.9. The molecule has 0 radical (unpaired) electrons. The lowest BCUT2D eigenvalue weighted by Crippen LogP contribution is -2.03. The molecule has 0 saturated carbocycles. The first-order chi connectivity index (χ1) is 8.24. The van der Waals surface area contributed by atoms with Gasteiger partial charge in [0, 0.05) is 11.3 Å². The number of aryl methyl sites for hydroxylation is 1. The number of nitrogens with one attached hydrogen (secondary N) is 2. The first-order valence-corrected chi connectivity index (χ1v) is 5.36. The molecule has 0 aliphatic carbocycles. The lowest BCUT2D eigenvalue weighted by Gasteiger charge is -1.99. The maximum absolute atomic E-state index is 11.9. The number of benzene rings is 1. The molecule has 0 fully saturated rings. The number of aromatic nitrogens is 2. The standard InChI is InChI=1S/C13H11N3O/c1-8-2-3-12-10(4-8)11(13(17)16-12)5-9-6-14-7-15-9/h2-7H,1H3,(H,14,15)(H,16,17)/b11-5+. The number of imidazole rings is 1. The molecule has 2 N–H and O–H groups in total. The molecule has 0 atom stereocenters. The number of rotatable bonds is 1. The van der Waals surface area contributed by atoms with Gasteiger partial charge in [0.05, 0.1) is 23.8 Å². The largest absolute Gasteiger partial charge is 0.345 e. The zero-order valence-electron chi connectivity index (χ0n) is 9.32. The zero-order chi connectivity index (χ0) is 11.8. The summed E-state index contributed by atoms with van der Waals surface area (Å²) in [4.78, 5) is 18.7. The van der Waals surface area contributed by atoms with Gasteiger partial charge >= 0.3 is 0 Å². The van der Waals surface area contributed by atoms with Crippen molar-refractivity contribution in [1.82, 2.24) is 9.97 Å². The van der Waals surface area contributed by atoms with Crippen LogP contribution in [0.1, 0.15) is 16.8 Å². The van der Waals surface area contributed by atoms with E-state index in [-0.39, 0.29) is 5.91 Å². The average Bonchev–Trinajstić information content (AvgIpc) is 2.90. The number of carbonyl (C=O) groups excluding carboxylic acids is 1. The van der Waals surface area contributed by atoms with Crippen molar-refractivity contribution in [2.45, 2.75) is 6.92 Å². The third-order valence-corrected chi connectivity index (χ3v) is 2.78. The van der Waals surface area contributed by atoms with Crippen molar-refractivity contribution in [2.75, 3.05) is 5.32 Å². The molecule has 1 aromatic heterocycles. The number of nitrogens with zero attached hydrogens (tertiary/aromatic N) is 1. The molecular formula is C13H11N3O. The lowest BCUT2D eigenvalue weighted by molar-refractivity contribution is -0.110. The van der Waals surface area contributed by atoms with E-state index in [0.29, 0.717) is 5.57 Å². The SMILES string of the molecule is Cc1ccc2c(c1)/C(=C\c1cnc[nH]1)C(=O)N2. The summed E-state index contributed by atoms with van der Waals surface area (Å²) in [6.45, 7) is 2.01. The van der Waals surface area contributed by atoms with Crippen LogP contribution in [0.25, 0.3) is 11.6 Å². The van der Waals surface area contributed by atoms with E-state index in [0.717, 1.165) is 22.5 Å². The van der Waals surface area contributed by atoms with Gasteiger partial charge in [-0.25, -0.2) is 4.98 Å². The molecule has 2 aromatic rings. The second-order valence-electron chi connectivity index (χ2n) is 4.07. The summed E-state index contributed by atoms with van der Waals surface area (Å²) in [6, 6.07) is 5.92. The van der Waals surface area contributed by atoms with Crippen molar-refractivity contribution in [3.05, 3.63) is 47.5 Å². The molecular weight excluding hydrogens is 214 g/mol. The van der Waals surface area contributed by atoms with E-state index in [4.69, 9.17) is 0 Å². The minimum Gasteiger partial charge on any atom is -0.345 e. The van der Waals surface area contributed by atoms with Gasteiger partial charge in [0.1, 0.15) is 0 Å². The highest BCUT2D eigenvalue weighted by atomic mass is 16.2. The third-order valence-electron chi connectivity index (χ3n) is 2.78. The summed E-state index contributed by atoms with van der Waals surface area (Å²) in [5, 5.41) is 2.85. The van der Waals surface area contributed by atoms with E-state index in [1.165, 1.54) is 0 Å². The Hall–Kier alpha value is -2.36. The molecule has 0 bridgehead atoms. The van der Waals surface area contributed by atoms with E-state index >= 15 is 0 Å². The van der Waals surface area contributed by atoms with E-state index in [9.17, 15) is 4.79 Å². The summed E-state index contributed by atoms with van der Waals surface area (Å²) >= 11 is 0. The number of hydrogen-bond donors (Lipinski definition) is 2. The Morgan fingerprint density at radius 3 is 3.00 bits per heavy atom. The van der Waals surface area contributed by atoms with Crippen LogP contribution in [0.2, 0.25) is 0 Å². The lowest BCUT2D eigenvalue weighted by atomic mass is 10.0. The highest BCUT2D eigenvalue weighted by Crippen LogP contribution is 2.33. The van der Waals surface area contributed by atoms with Crippen molar-refractivity contribution in [3.8, 4) is 0 Å². The van der Waals surface area contributed by atoms with Crippen LogP contribution in [-0.4, -0.2) is 15.9 Å². The summed E-state index contributed by atoms with van der Waals surface area (Å²) in [5.74, 6) is -0.0693. The Morgan fingerprint density at radius 2 is 2.24 bits per heavy atom. The molecule has 0 spiro atoms. The number of fused-ring (bicyclic) bond motifs is 1. The van der Waals surface area contributed by atoms with Gasteiger partial charge in [-0.15, -0.1) is 0 Å². The topological polar surface area (TPSA) is 57.8 Å². The second-order valence-corrected chi connectivity index (χ2v) is 4.07. The molecule has 1 aliphatic rings. The predicted molar refractivity (Wildman–Crippen MR) is 66.3 cm³/mol. The molecule has 0 saturated heterocycles. The Morgan fingerprint density at radius 1 is 1.35 bits per heavy atom. The van der Waals surface area contributed by atoms with Gasteiger partial charge in [0.15, 0.2) is 0 Å². The fourth-order valence-electron chi connectivity index (χ4n) is 1.95. The maximum Gasteiger partial charge on any atom is 0.256 e. The summed E-state index contributed by atoms with van der Waals surface area (Å²) in [7, 11) is 0. The van der Waals surface area contributed by atoms with Gasteiger partial charge in [-0.05, 0) is 25.1 Å². The van der Waals surface area contributed by atoms with Crippen LogP contribution in [0.4, 0.5) is 5.69 Å². The number of amides is 1. The predicted octanol–water partition coefficient (Wildman–Crippen LogP) is 2.21. The summed E-state index contributed by atoms with van der Waals surface area (Å²) in [5.41, 5.74) is 4.45. The van der Waals surface area contributed by atoms with Crippen LogP contribution < -0.4 is 5.32 Å². The van der Waals surface area contributed by atoms with E-state index < -0.39 is 0 Å². The molecule has 4 nitrogen and oxygen atoms in total. The van der Waals surface area contributed by atoms with Gasteiger partial charge in [-0.3, -0.25) is 4.79 Å². The molecule has 1 aromatic carbocycles. The Bertz CT molecular complexity index is 612. The van der Waals surface area contributed by atoms with Gasteiger partial charge < -0.3 is 10.3 Å². The second kappa shape index (κ2) is 3.59. The van der Waals surface area contributed by atoms with E-state index in [1.807, 2.05) is 31.2 Å². The first-order valence-electron chi connectivity index (χ1n) is 5.36. The number of hydrogen-bond acceptors (Lipinski definition) is 2. The fraction of sp³-hybridized carbons (Fsp3) is 0.0769. The molecule has 1 amide bonds. The quantitative estimate of drug-likeness (QED) is 0.731. The van der Waals surface area contributed by atoms with Crippen molar-refractivity contribution in [3.63, 3.8) is 0 Å². The highest BCUT2D eigenvalue weighted by molar-refractivity contribution is 6.34. The molecule has 2 heterocycles. The van der Waals surface area contributed by atoms with Crippen molar-refractivity contribution in [1.29, 1.82) is 0 Å². The van der Waals surface area contributed by atoms with E-state index in [2.05, 4.69) is 15.3 Å². The Kier molecular flexibility index (Phi) is 2.08. The van der Waals surface area contributed by atoms with Crippen molar-refractivity contribution in [2.24, 2.45) is 0 Å². The minimum absolute atomic E-state index is 0.0693. The van der Waals surface area contributed by atoms with Crippen LogP contribution in [0.3, 0.4) is 0 Å². The molecule has 1 aliphatic heterocycles. The fourth-order valence-corrected chi connectivity index (χ4v) is 1.95. The first kappa shape index (κ1) is 9.84. The molecule has 3 rings (SSSR count). The highest BCUT2D eigenvalue weighted by Gasteiger charge is 2.23. The normalized spacial score (nSPS) is 16.1. The van der Waals surface area contributed by atoms with Crippen LogP contribution in [0.15, 0.2) is 30.7 Å². The monoisotopic (exact) mass is 225 g/mol. The smallest absolute Gasteiger partial charge is 0.256 e. The number of aromatic amines is 1. The molecule has 17 heavy (non-hydrogen) atoms. The minimum atomic E-state index is -0.0693. The van der Waals surface area contributed by atoms with Gasteiger partial charge in [0.25, 0.3) is 5.91 Å². The van der Waals surface area contributed by atoms with Crippen LogP contribution in [0.5, 0.6) is 0 Å². The van der Waals surface area contributed by atoms with Gasteiger partial charge in [-0.1, -0.05) is 11.6 Å². The average molecular weight is 225 g/mol. The Labute approximate surface area is 98.4 Å². The van der Waals surface area contributed by atoms with Crippen LogP contribution >= 0.6 is 0 Å². The Balaban J connectivity index is 2.13. The van der Waals surface area contributed by atoms with Crippen LogP contribution in [-0.2, 0) is 4.79 Å². The van der Waals surface area contributed by atoms with E-state index in [1.54, 1.807) is 12.5 Å². The molecule has 84 valence electrons. The van der Waals surface area contributed by atoms with Gasteiger partial charge in [0.2, 0.25) is 0 Å². The zero-order valence-corrected chi connectivity index (χ0v) is 9.32. The van der Waals surface area contributed by atoms with Crippen molar-refractivity contribution < 1.29 is 4.79 Å². The van der Waals surface area contributed by atoms with Gasteiger partial charge in [-0.2, -0.15) is 0 Å².